The van der Waals surface area contributed by atoms with Gasteiger partial charge in [-0.1, -0.05) is 30.3 Å². The van der Waals surface area contributed by atoms with Gasteiger partial charge in [-0.2, -0.15) is 0 Å². The van der Waals surface area contributed by atoms with Gasteiger partial charge in [-0.25, -0.2) is 4.79 Å². The molecule has 0 saturated carbocycles. The minimum absolute atomic E-state index is 0.141. The summed E-state index contributed by atoms with van der Waals surface area (Å²) in [6, 6.07) is 9.78. The van der Waals surface area contributed by atoms with E-state index in [2.05, 4.69) is 10.6 Å². The van der Waals surface area contributed by atoms with Gasteiger partial charge < -0.3 is 20.3 Å². The smallest absolute Gasteiger partial charge is 0.409 e. The van der Waals surface area contributed by atoms with E-state index in [1.54, 1.807) is 11.9 Å². The van der Waals surface area contributed by atoms with E-state index in [0.717, 1.165) is 16.0 Å². The molecule has 2 aromatic rings. The van der Waals surface area contributed by atoms with Gasteiger partial charge in [0, 0.05) is 24.9 Å². The molecule has 0 radical (unpaired) electrons. The molecule has 0 fully saturated rings. The third-order valence-electron chi connectivity index (χ3n) is 4.68. The number of thiophene rings is 1. The number of amides is 3. The summed E-state index contributed by atoms with van der Waals surface area (Å²) < 4.78 is 4.79. The second-order valence-electron chi connectivity index (χ2n) is 6.46. The summed E-state index contributed by atoms with van der Waals surface area (Å²) in [6.07, 6.45) is 1.11. The normalized spacial score (nSPS) is 12.9. The Morgan fingerprint density at radius 2 is 1.96 bits per heavy atom. The van der Waals surface area contributed by atoms with Crippen LogP contribution in [0, 0.1) is 0 Å². The number of carbonyl (C=O) groups is 3. The molecule has 0 saturated heterocycles. The zero-order valence-electron chi connectivity index (χ0n) is 15.9. The van der Waals surface area contributed by atoms with E-state index in [-0.39, 0.29) is 11.8 Å². The Kier molecular flexibility index (Phi) is 6.30. The van der Waals surface area contributed by atoms with Crippen molar-refractivity contribution in [1.82, 2.24) is 10.2 Å². The zero-order chi connectivity index (χ0) is 20.1. The molecule has 28 heavy (non-hydrogen) atoms. The highest BCUT2D eigenvalue weighted by molar-refractivity contribution is 7.17. The lowest BCUT2D eigenvalue weighted by Crippen LogP contribution is -2.35. The maximum atomic E-state index is 12.5. The molecule has 0 aliphatic carbocycles. The molecule has 3 rings (SSSR count). The summed E-state index contributed by atoms with van der Waals surface area (Å²) in [4.78, 5) is 39.2. The average molecular weight is 401 g/mol. The van der Waals surface area contributed by atoms with E-state index in [4.69, 9.17) is 4.74 Å². The number of hydrogen-bond acceptors (Lipinski definition) is 5. The summed E-state index contributed by atoms with van der Waals surface area (Å²) in [5, 5.41) is 6.08. The van der Waals surface area contributed by atoms with Gasteiger partial charge in [0.05, 0.1) is 19.2 Å². The summed E-state index contributed by atoms with van der Waals surface area (Å²) in [7, 11) is 2.91. The molecule has 0 spiro atoms. The first-order valence-electron chi connectivity index (χ1n) is 9.06. The van der Waals surface area contributed by atoms with Crippen LogP contribution in [0.5, 0.6) is 0 Å². The van der Waals surface area contributed by atoms with Crippen molar-refractivity contribution in [1.29, 1.82) is 0 Å². The fraction of sp³-hybridized carbons (Fsp3) is 0.350. The van der Waals surface area contributed by atoms with Crippen molar-refractivity contribution in [3.05, 3.63) is 51.9 Å². The van der Waals surface area contributed by atoms with E-state index in [9.17, 15) is 14.4 Å². The molecule has 1 aliphatic rings. The molecule has 1 aromatic heterocycles. The van der Waals surface area contributed by atoms with E-state index >= 15 is 0 Å². The van der Waals surface area contributed by atoms with Crippen molar-refractivity contribution >= 4 is 34.2 Å². The lowest BCUT2D eigenvalue weighted by atomic mass is 10.0. The van der Waals surface area contributed by atoms with Crippen LogP contribution in [0.1, 0.15) is 32.8 Å². The van der Waals surface area contributed by atoms with Gasteiger partial charge in [0.2, 0.25) is 5.91 Å². The predicted octanol–water partition coefficient (Wildman–Crippen LogP) is 2.80. The Labute approximate surface area is 167 Å². The number of nitrogens with zero attached hydrogens (tertiary/aromatic N) is 1. The number of carbonyl (C=O) groups excluding carboxylic acids is 3. The third kappa shape index (κ3) is 4.33. The van der Waals surface area contributed by atoms with Crippen LogP contribution in [0.4, 0.5) is 9.80 Å². The minimum atomic E-state index is -0.394. The lowest BCUT2D eigenvalue weighted by Gasteiger charge is -2.25. The second-order valence-corrected chi connectivity index (χ2v) is 7.57. The molecule has 3 amide bonds. The van der Waals surface area contributed by atoms with E-state index in [0.29, 0.717) is 42.9 Å². The first kappa shape index (κ1) is 19.9. The van der Waals surface area contributed by atoms with Gasteiger partial charge in [-0.05, 0) is 24.0 Å². The standard InChI is InChI=1S/C20H23N3O4S/c1-21-18(25)17-14-10-11-23(20(26)27-2)12-15(14)28-19(17)22-16(24)9-8-13-6-4-3-5-7-13/h3-7H,8-12H2,1-2H3,(H,21,25)(H,22,24). The molecule has 2 N–H and O–H groups in total. The highest BCUT2D eigenvalue weighted by Crippen LogP contribution is 2.37. The molecule has 1 aromatic carbocycles. The number of methoxy groups -OCH3 is 1. The van der Waals surface area contributed by atoms with Crippen molar-refractivity contribution < 1.29 is 19.1 Å². The maximum Gasteiger partial charge on any atom is 0.409 e. The SMILES string of the molecule is CNC(=O)c1c(NC(=O)CCc2ccccc2)sc2c1CCN(C(=O)OC)C2. The van der Waals surface area contributed by atoms with Crippen LogP contribution in [-0.4, -0.2) is 43.5 Å². The van der Waals surface area contributed by atoms with Crippen molar-refractivity contribution in [2.45, 2.75) is 25.8 Å². The Hall–Kier alpha value is -2.87. The van der Waals surface area contributed by atoms with Gasteiger partial charge in [0.25, 0.3) is 5.91 Å². The summed E-state index contributed by atoms with van der Waals surface area (Å²) in [5.41, 5.74) is 2.48. The van der Waals surface area contributed by atoms with Crippen LogP contribution in [0.3, 0.4) is 0 Å². The number of rotatable bonds is 5. The summed E-state index contributed by atoms with van der Waals surface area (Å²) in [6.45, 7) is 0.846. The summed E-state index contributed by atoms with van der Waals surface area (Å²) in [5.74, 6) is -0.375. The van der Waals surface area contributed by atoms with Crippen LogP contribution < -0.4 is 10.6 Å². The Balaban J connectivity index is 1.76. The van der Waals surface area contributed by atoms with Crippen molar-refractivity contribution in [2.24, 2.45) is 0 Å². The van der Waals surface area contributed by atoms with Crippen molar-refractivity contribution in [3.63, 3.8) is 0 Å². The minimum Gasteiger partial charge on any atom is -0.453 e. The largest absolute Gasteiger partial charge is 0.453 e. The predicted molar refractivity (Wildman–Crippen MR) is 108 cm³/mol. The van der Waals surface area contributed by atoms with Crippen LogP contribution in [0.15, 0.2) is 30.3 Å². The lowest BCUT2D eigenvalue weighted by molar-refractivity contribution is -0.116. The quantitative estimate of drug-likeness (QED) is 0.806. The molecule has 7 nitrogen and oxygen atoms in total. The van der Waals surface area contributed by atoms with Gasteiger partial charge in [-0.15, -0.1) is 11.3 Å². The zero-order valence-corrected chi connectivity index (χ0v) is 16.7. The number of fused-ring (bicyclic) bond motifs is 1. The number of aryl methyl sites for hydroxylation is 1. The molecule has 148 valence electrons. The topological polar surface area (TPSA) is 87.7 Å². The fourth-order valence-electron chi connectivity index (χ4n) is 3.23. The van der Waals surface area contributed by atoms with Gasteiger partial charge >= 0.3 is 6.09 Å². The van der Waals surface area contributed by atoms with Gasteiger partial charge in [-0.3, -0.25) is 9.59 Å². The first-order chi connectivity index (χ1) is 13.5. The van der Waals surface area contributed by atoms with E-state index in [1.807, 2.05) is 30.3 Å². The third-order valence-corrected chi connectivity index (χ3v) is 5.81. The van der Waals surface area contributed by atoms with Gasteiger partial charge in [0.15, 0.2) is 0 Å². The van der Waals surface area contributed by atoms with Crippen LogP contribution >= 0.6 is 11.3 Å². The highest BCUT2D eigenvalue weighted by atomic mass is 32.1. The average Bonchev–Trinajstić information content (AvgIpc) is 3.08. The maximum absolute atomic E-state index is 12.5. The summed E-state index contributed by atoms with van der Waals surface area (Å²) >= 11 is 1.35. The molecule has 8 heteroatoms. The van der Waals surface area contributed by atoms with E-state index in [1.165, 1.54) is 18.4 Å². The first-order valence-corrected chi connectivity index (χ1v) is 9.88. The monoisotopic (exact) mass is 401 g/mol. The van der Waals surface area contributed by atoms with Crippen molar-refractivity contribution in [3.8, 4) is 0 Å². The Bertz CT molecular complexity index is 879. The van der Waals surface area contributed by atoms with Gasteiger partial charge in [0.1, 0.15) is 5.00 Å². The number of hydrogen-bond donors (Lipinski definition) is 2. The van der Waals surface area contributed by atoms with Crippen molar-refractivity contribution in [2.75, 3.05) is 26.0 Å². The molecular weight excluding hydrogens is 378 g/mol. The van der Waals surface area contributed by atoms with Crippen LogP contribution in [0.25, 0.3) is 0 Å². The Morgan fingerprint density at radius 3 is 2.64 bits per heavy atom. The fourth-order valence-corrected chi connectivity index (χ4v) is 4.51. The molecule has 0 bridgehead atoms. The molecule has 0 atom stereocenters. The Morgan fingerprint density at radius 1 is 1.21 bits per heavy atom. The highest BCUT2D eigenvalue weighted by Gasteiger charge is 2.30. The van der Waals surface area contributed by atoms with E-state index < -0.39 is 6.09 Å². The van der Waals surface area contributed by atoms with Crippen LogP contribution in [0.2, 0.25) is 0 Å². The number of ether oxygens (including phenoxy) is 1. The number of nitrogens with one attached hydrogen (secondary N) is 2. The number of anilines is 1. The molecular formula is C20H23N3O4S. The molecule has 0 unspecified atom stereocenters. The van der Waals surface area contributed by atoms with Crippen LogP contribution in [-0.2, 0) is 28.9 Å². The number of benzene rings is 1. The molecule has 1 aliphatic heterocycles. The molecule has 2 heterocycles. The second kappa shape index (κ2) is 8.88.